The third-order valence-corrected chi connectivity index (χ3v) is 3.91. The third-order valence-electron chi connectivity index (χ3n) is 3.91. The fourth-order valence-corrected chi connectivity index (χ4v) is 3.03. The van der Waals surface area contributed by atoms with E-state index in [1.165, 1.54) is 25.9 Å². The minimum Gasteiger partial charge on any atom is -0.347 e. The highest BCUT2D eigenvalue weighted by atomic mass is 19.1. The van der Waals surface area contributed by atoms with Gasteiger partial charge in [-0.3, -0.25) is 0 Å². The smallest absolute Gasteiger partial charge is 0.123 e. The Kier molecular flexibility index (Phi) is 3.08. The van der Waals surface area contributed by atoms with Gasteiger partial charge in [0.05, 0.1) is 0 Å². The van der Waals surface area contributed by atoms with Crippen molar-refractivity contribution in [3.05, 3.63) is 36.3 Å². The van der Waals surface area contributed by atoms with Crippen molar-refractivity contribution in [1.29, 1.82) is 0 Å². The molecule has 2 nitrogen and oxygen atoms in total. The van der Waals surface area contributed by atoms with Gasteiger partial charge in [-0.05, 0) is 56.6 Å². The predicted molar refractivity (Wildman–Crippen MR) is 72.1 cm³/mol. The Morgan fingerprint density at radius 2 is 2.22 bits per heavy atom. The molecule has 18 heavy (non-hydrogen) atoms. The minimum absolute atomic E-state index is 0.155. The maximum atomic E-state index is 13.1. The normalized spacial score (nSPS) is 21.6. The van der Waals surface area contributed by atoms with Gasteiger partial charge in [-0.15, -0.1) is 0 Å². The van der Waals surface area contributed by atoms with Crippen LogP contribution in [0.4, 0.5) is 4.39 Å². The second kappa shape index (κ2) is 4.73. The Bertz CT molecular complexity index is 546. The van der Waals surface area contributed by atoms with E-state index in [1.54, 1.807) is 12.1 Å². The number of nitrogens with zero attached hydrogens (tertiary/aromatic N) is 2. The quantitative estimate of drug-likeness (QED) is 0.790. The van der Waals surface area contributed by atoms with Gasteiger partial charge in [-0.1, -0.05) is 0 Å². The summed E-state index contributed by atoms with van der Waals surface area (Å²) in [4.78, 5) is 2.40. The summed E-state index contributed by atoms with van der Waals surface area (Å²) in [5.74, 6) is 0.557. The van der Waals surface area contributed by atoms with Crippen molar-refractivity contribution in [1.82, 2.24) is 9.47 Å². The van der Waals surface area contributed by atoms with Crippen molar-refractivity contribution >= 4 is 10.9 Å². The molecule has 0 N–H and O–H groups in total. The van der Waals surface area contributed by atoms with Crippen LogP contribution >= 0.6 is 0 Å². The zero-order valence-corrected chi connectivity index (χ0v) is 10.8. The van der Waals surface area contributed by atoms with Gasteiger partial charge < -0.3 is 9.47 Å². The highest BCUT2D eigenvalue weighted by Gasteiger charge is 2.17. The number of fused-ring (bicyclic) bond motifs is 1. The summed E-state index contributed by atoms with van der Waals surface area (Å²) in [5.41, 5.74) is 1.14. The SMILES string of the molecule is CN1CCCC(Cn2ccc3cc(F)ccc32)C1. The Labute approximate surface area is 107 Å². The zero-order valence-electron chi connectivity index (χ0n) is 10.8. The molecule has 1 fully saturated rings. The van der Waals surface area contributed by atoms with E-state index in [1.807, 2.05) is 12.1 Å². The Morgan fingerprint density at radius 1 is 1.33 bits per heavy atom. The monoisotopic (exact) mass is 246 g/mol. The summed E-state index contributed by atoms with van der Waals surface area (Å²) in [7, 11) is 2.19. The van der Waals surface area contributed by atoms with Crippen molar-refractivity contribution < 1.29 is 4.39 Å². The molecule has 2 heterocycles. The Morgan fingerprint density at radius 3 is 3.06 bits per heavy atom. The van der Waals surface area contributed by atoms with Gasteiger partial charge in [0.1, 0.15) is 5.82 Å². The van der Waals surface area contributed by atoms with Crippen LogP contribution in [-0.2, 0) is 6.54 Å². The molecular formula is C15H19FN2. The zero-order chi connectivity index (χ0) is 12.5. The first-order chi connectivity index (χ1) is 8.72. The molecule has 0 radical (unpaired) electrons. The van der Waals surface area contributed by atoms with Crippen molar-refractivity contribution in [3.63, 3.8) is 0 Å². The Hall–Kier alpha value is -1.35. The van der Waals surface area contributed by atoms with Crippen LogP contribution in [0.3, 0.4) is 0 Å². The second-order valence-corrected chi connectivity index (χ2v) is 5.44. The fourth-order valence-electron chi connectivity index (χ4n) is 3.03. The van der Waals surface area contributed by atoms with E-state index in [9.17, 15) is 4.39 Å². The van der Waals surface area contributed by atoms with Gasteiger partial charge >= 0.3 is 0 Å². The number of hydrogen-bond donors (Lipinski definition) is 0. The molecule has 1 atom stereocenters. The largest absolute Gasteiger partial charge is 0.347 e. The highest BCUT2D eigenvalue weighted by Crippen LogP contribution is 2.22. The molecule has 1 aliphatic heterocycles. The van der Waals surface area contributed by atoms with Gasteiger partial charge in [0, 0.05) is 30.2 Å². The molecule has 1 aromatic carbocycles. The molecule has 2 aromatic rings. The first-order valence-corrected chi connectivity index (χ1v) is 6.65. The van der Waals surface area contributed by atoms with Crippen LogP contribution in [-0.4, -0.2) is 29.6 Å². The molecule has 0 saturated carbocycles. The van der Waals surface area contributed by atoms with E-state index in [4.69, 9.17) is 0 Å². The molecule has 0 spiro atoms. The molecule has 0 bridgehead atoms. The van der Waals surface area contributed by atoms with Crippen molar-refractivity contribution in [2.45, 2.75) is 19.4 Å². The van der Waals surface area contributed by atoms with Crippen molar-refractivity contribution in [2.75, 3.05) is 20.1 Å². The van der Waals surface area contributed by atoms with Gasteiger partial charge in [0.2, 0.25) is 0 Å². The number of hydrogen-bond acceptors (Lipinski definition) is 1. The summed E-state index contributed by atoms with van der Waals surface area (Å²) in [6, 6.07) is 7.05. The third kappa shape index (κ3) is 2.27. The van der Waals surface area contributed by atoms with Crippen LogP contribution in [0.2, 0.25) is 0 Å². The molecule has 96 valence electrons. The van der Waals surface area contributed by atoms with E-state index in [0.717, 1.165) is 17.4 Å². The molecule has 1 aliphatic rings. The van der Waals surface area contributed by atoms with Crippen LogP contribution < -0.4 is 0 Å². The molecule has 0 aliphatic carbocycles. The molecular weight excluding hydrogens is 227 g/mol. The van der Waals surface area contributed by atoms with E-state index < -0.39 is 0 Å². The summed E-state index contributed by atoms with van der Waals surface area (Å²) in [5, 5.41) is 0.999. The predicted octanol–water partition coefficient (Wildman–Crippen LogP) is 3.12. The number of rotatable bonds is 2. The molecule has 3 rings (SSSR count). The first kappa shape index (κ1) is 11.7. The lowest BCUT2D eigenvalue weighted by Gasteiger charge is -2.30. The number of piperidine rings is 1. The van der Waals surface area contributed by atoms with E-state index in [0.29, 0.717) is 5.92 Å². The van der Waals surface area contributed by atoms with Crippen LogP contribution in [0.25, 0.3) is 10.9 Å². The molecule has 1 saturated heterocycles. The number of aromatic nitrogens is 1. The molecule has 0 amide bonds. The molecule has 1 unspecified atom stereocenters. The molecule has 3 heteroatoms. The lowest BCUT2D eigenvalue weighted by Crippen LogP contribution is -2.33. The summed E-state index contributed by atoms with van der Waals surface area (Å²) in [6.45, 7) is 3.43. The van der Waals surface area contributed by atoms with Gasteiger partial charge in [-0.25, -0.2) is 4.39 Å². The van der Waals surface area contributed by atoms with Crippen LogP contribution in [0.1, 0.15) is 12.8 Å². The summed E-state index contributed by atoms with van der Waals surface area (Å²) in [6.07, 6.45) is 4.67. The number of benzene rings is 1. The standard InChI is InChI=1S/C15H19FN2/c1-17-7-2-3-12(10-17)11-18-8-6-13-9-14(16)4-5-15(13)18/h4-6,8-9,12H,2-3,7,10-11H2,1H3. The summed E-state index contributed by atoms with van der Waals surface area (Å²) >= 11 is 0. The number of halogens is 1. The van der Waals surface area contributed by atoms with Gasteiger partial charge in [0.25, 0.3) is 0 Å². The van der Waals surface area contributed by atoms with Crippen LogP contribution in [0.15, 0.2) is 30.5 Å². The fraction of sp³-hybridized carbons (Fsp3) is 0.467. The van der Waals surface area contributed by atoms with Gasteiger partial charge in [-0.2, -0.15) is 0 Å². The highest BCUT2D eigenvalue weighted by molar-refractivity contribution is 5.80. The summed E-state index contributed by atoms with van der Waals surface area (Å²) < 4.78 is 15.4. The maximum Gasteiger partial charge on any atom is 0.123 e. The van der Waals surface area contributed by atoms with Gasteiger partial charge in [0.15, 0.2) is 0 Å². The molecule has 1 aromatic heterocycles. The maximum absolute atomic E-state index is 13.1. The van der Waals surface area contributed by atoms with Crippen molar-refractivity contribution in [3.8, 4) is 0 Å². The Balaban J connectivity index is 1.82. The van der Waals surface area contributed by atoms with Crippen LogP contribution in [0.5, 0.6) is 0 Å². The van der Waals surface area contributed by atoms with E-state index >= 15 is 0 Å². The lowest BCUT2D eigenvalue weighted by molar-refractivity contribution is 0.196. The topological polar surface area (TPSA) is 8.17 Å². The average molecular weight is 246 g/mol. The van der Waals surface area contributed by atoms with E-state index in [-0.39, 0.29) is 5.82 Å². The lowest BCUT2D eigenvalue weighted by atomic mass is 9.98. The van der Waals surface area contributed by atoms with Crippen molar-refractivity contribution in [2.24, 2.45) is 5.92 Å². The number of likely N-dealkylation sites (tertiary alicyclic amines) is 1. The average Bonchev–Trinajstić information content (AvgIpc) is 2.72. The first-order valence-electron chi connectivity index (χ1n) is 6.65. The van der Waals surface area contributed by atoms with Crippen LogP contribution in [0, 0.1) is 11.7 Å². The van der Waals surface area contributed by atoms with E-state index in [2.05, 4.69) is 22.7 Å². The second-order valence-electron chi connectivity index (χ2n) is 5.44. The minimum atomic E-state index is -0.155.